The van der Waals surface area contributed by atoms with Crippen molar-refractivity contribution in [1.82, 2.24) is 0 Å². The van der Waals surface area contributed by atoms with Crippen molar-refractivity contribution in [3.05, 3.63) is 11.6 Å². The Kier molecular flexibility index (Phi) is 8.97. The molecule has 0 rings (SSSR count). The summed E-state index contributed by atoms with van der Waals surface area (Å²) in [5.41, 5.74) is 1.45. The molecule has 0 radical (unpaired) electrons. The van der Waals surface area contributed by atoms with Gasteiger partial charge in [0.1, 0.15) is 0 Å². The second-order valence-corrected chi connectivity index (χ2v) is 4.51. The number of methoxy groups -OCH3 is 1. The molecule has 0 heterocycles. The SMILES string of the molecule is CCCCCC(C)=CCCC(C)C(=O)OC. The summed E-state index contributed by atoms with van der Waals surface area (Å²) < 4.78 is 4.69. The van der Waals surface area contributed by atoms with Gasteiger partial charge in [0.25, 0.3) is 0 Å². The van der Waals surface area contributed by atoms with E-state index in [1.165, 1.54) is 38.4 Å². The second-order valence-electron chi connectivity index (χ2n) is 4.51. The third kappa shape index (κ3) is 7.49. The van der Waals surface area contributed by atoms with Gasteiger partial charge in [0, 0.05) is 0 Å². The number of esters is 1. The van der Waals surface area contributed by atoms with Crippen molar-refractivity contribution >= 4 is 5.97 Å². The molecule has 2 nitrogen and oxygen atoms in total. The molecule has 0 fully saturated rings. The van der Waals surface area contributed by atoms with Crippen molar-refractivity contribution in [2.75, 3.05) is 7.11 Å². The minimum Gasteiger partial charge on any atom is -0.469 e. The molecule has 0 aliphatic rings. The van der Waals surface area contributed by atoms with E-state index in [9.17, 15) is 4.79 Å². The van der Waals surface area contributed by atoms with Crippen LogP contribution in [0.4, 0.5) is 0 Å². The number of ether oxygens (including phenoxy) is 1. The molecule has 0 aliphatic carbocycles. The van der Waals surface area contributed by atoms with E-state index >= 15 is 0 Å². The molecular weight excluding hydrogens is 200 g/mol. The first-order valence-electron chi connectivity index (χ1n) is 6.35. The van der Waals surface area contributed by atoms with Crippen LogP contribution in [-0.4, -0.2) is 13.1 Å². The average molecular weight is 226 g/mol. The van der Waals surface area contributed by atoms with Gasteiger partial charge in [-0.05, 0) is 32.6 Å². The molecule has 0 aliphatic heterocycles. The van der Waals surface area contributed by atoms with Crippen LogP contribution in [0.2, 0.25) is 0 Å². The van der Waals surface area contributed by atoms with Gasteiger partial charge < -0.3 is 4.74 Å². The van der Waals surface area contributed by atoms with Crippen molar-refractivity contribution in [1.29, 1.82) is 0 Å². The fourth-order valence-corrected chi connectivity index (χ4v) is 1.65. The van der Waals surface area contributed by atoms with Crippen LogP contribution in [0.15, 0.2) is 11.6 Å². The number of hydrogen-bond acceptors (Lipinski definition) is 2. The van der Waals surface area contributed by atoms with E-state index in [1.54, 1.807) is 0 Å². The molecule has 2 heteroatoms. The first kappa shape index (κ1) is 15.2. The van der Waals surface area contributed by atoms with Crippen molar-refractivity contribution in [2.24, 2.45) is 5.92 Å². The maximum Gasteiger partial charge on any atom is 0.308 e. The predicted octanol–water partition coefficient (Wildman–Crippen LogP) is 4.10. The highest BCUT2D eigenvalue weighted by molar-refractivity contribution is 5.71. The van der Waals surface area contributed by atoms with Gasteiger partial charge in [-0.1, -0.05) is 38.3 Å². The summed E-state index contributed by atoms with van der Waals surface area (Å²) >= 11 is 0. The Labute approximate surface area is 100 Å². The van der Waals surface area contributed by atoms with Gasteiger partial charge in [-0.15, -0.1) is 0 Å². The maximum absolute atomic E-state index is 11.2. The number of hydrogen-bond donors (Lipinski definition) is 0. The highest BCUT2D eigenvalue weighted by Gasteiger charge is 2.11. The molecule has 0 N–H and O–H groups in total. The fraction of sp³-hybridized carbons (Fsp3) is 0.786. The van der Waals surface area contributed by atoms with Gasteiger partial charge in [0.15, 0.2) is 0 Å². The third-order valence-electron chi connectivity index (χ3n) is 2.87. The lowest BCUT2D eigenvalue weighted by molar-refractivity contribution is -0.144. The van der Waals surface area contributed by atoms with Gasteiger partial charge in [-0.3, -0.25) is 4.79 Å². The van der Waals surface area contributed by atoms with Crippen LogP contribution in [0.1, 0.15) is 59.3 Å². The van der Waals surface area contributed by atoms with E-state index < -0.39 is 0 Å². The molecule has 16 heavy (non-hydrogen) atoms. The Morgan fingerprint density at radius 1 is 1.38 bits per heavy atom. The lowest BCUT2D eigenvalue weighted by Gasteiger charge is -2.07. The molecular formula is C14H26O2. The van der Waals surface area contributed by atoms with Crippen molar-refractivity contribution in [2.45, 2.75) is 59.3 Å². The molecule has 0 spiro atoms. The van der Waals surface area contributed by atoms with Gasteiger partial charge in [-0.25, -0.2) is 0 Å². The lowest BCUT2D eigenvalue weighted by Crippen LogP contribution is -2.11. The molecule has 0 aromatic heterocycles. The van der Waals surface area contributed by atoms with Crippen LogP contribution in [0.25, 0.3) is 0 Å². The van der Waals surface area contributed by atoms with Crippen LogP contribution in [0.3, 0.4) is 0 Å². The minimum absolute atomic E-state index is 0.0182. The second kappa shape index (κ2) is 9.44. The Hall–Kier alpha value is -0.790. The van der Waals surface area contributed by atoms with Gasteiger partial charge >= 0.3 is 5.97 Å². The predicted molar refractivity (Wildman–Crippen MR) is 68.3 cm³/mol. The topological polar surface area (TPSA) is 26.3 Å². The average Bonchev–Trinajstić information content (AvgIpc) is 2.28. The zero-order valence-electron chi connectivity index (χ0n) is 11.2. The summed E-state index contributed by atoms with van der Waals surface area (Å²) in [6.07, 6.45) is 9.18. The third-order valence-corrected chi connectivity index (χ3v) is 2.87. The summed E-state index contributed by atoms with van der Waals surface area (Å²) in [6.45, 7) is 6.32. The van der Waals surface area contributed by atoms with Gasteiger partial charge in [0.2, 0.25) is 0 Å². The Balaban J connectivity index is 3.69. The first-order chi connectivity index (χ1) is 7.61. The van der Waals surface area contributed by atoms with Crippen LogP contribution < -0.4 is 0 Å². The quantitative estimate of drug-likeness (QED) is 0.354. The Bertz CT molecular complexity index is 219. The number of allylic oxidation sites excluding steroid dienone is 2. The highest BCUT2D eigenvalue weighted by Crippen LogP contribution is 2.13. The van der Waals surface area contributed by atoms with E-state index in [0.717, 1.165) is 12.8 Å². The van der Waals surface area contributed by atoms with Crippen molar-refractivity contribution < 1.29 is 9.53 Å². The van der Waals surface area contributed by atoms with E-state index in [1.807, 2.05) is 6.92 Å². The molecule has 0 amide bonds. The highest BCUT2D eigenvalue weighted by atomic mass is 16.5. The van der Waals surface area contributed by atoms with E-state index in [2.05, 4.69) is 24.7 Å². The monoisotopic (exact) mass is 226 g/mol. The normalized spacial score (nSPS) is 13.6. The number of carbonyl (C=O) groups excluding carboxylic acids is 1. The van der Waals surface area contributed by atoms with Crippen molar-refractivity contribution in [3.63, 3.8) is 0 Å². The zero-order chi connectivity index (χ0) is 12.4. The van der Waals surface area contributed by atoms with Crippen molar-refractivity contribution in [3.8, 4) is 0 Å². The lowest BCUT2D eigenvalue weighted by atomic mass is 10.0. The summed E-state index contributed by atoms with van der Waals surface area (Å²) in [6, 6.07) is 0. The van der Waals surface area contributed by atoms with Crippen LogP contribution in [0.5, 0.6) is 0 Å². The Morgan fingerprint density at radius 3 is 2.62 bits per heavy atom. The molecule has 0 saturated carbocycles. The number of rotatable bonds is 8. The summed E-state index contributed by atoms with van der Waals surface area (Å²) in [4.78, 5) is 11.2. The van der Waals surface area contributed by atoms with Crippen LogP contribution >= 0.6 is 0 Å². The Morgan fingerprint density at radius 2 is 2.06 bits per heavy atom. The minimum atomic E-state index is -0.1000. The summed E-state index contributed by atoms with van der Waals surface area (Å²) in [5.74, 6) is -0.0817. The fourth-order valence-electron chi connectivity index (χ4n) is 1.65. The molecule has 94 valence electrons. The number of unbranched alkanes of at least 4 members (excludes halogenated alkanes) is 2. The van der Waals surface area contributed by atoms with E-state index in [4.69, 9.17) is 0 Å². The first-order valence-corrected chi connectivity index (χ1v) is 6.35. The molecule has 0 aromatic carbocycles. The maximum atomic E-state index is 11.2. The molecule has 0 bridgehead atoms. The van der Waals surface area contributed by atoms with Crippen LogP contribution in [0, 0.1) is 5.92 Å². The largest absolute Gasteiger partial charge is 0.469 e. The zero-order valence-corrected chi connectivity index (χ0v) is 11.2. The smallest absolute Gasteiger partial charge is 0.308 e. The molecule has 1 unspecified atom stereocenters. The standard InChI is InChI=1S/C14H26O2/c1-5-6-7-9-12(2)10-8-11-13(3)14(15)16-4/h10,13H,5-9,11H2,1-4H3. The molecule has 0 aromatic rings. The molecule has 0 saturated heterocycles. The van der Waals surface area contributed by atoms with E-state index in [0.29, 0.717) is 0 Å². The van der Waals surface area contributed by atoms with Gasteiger partial charge in [0.05, 0.1) is 13.0 Å². The van der Waals surface area contributed by atoms with Crippen LogP contribution in [-0.2, 0) is 9.53 Å². The molecule has 1 atom stereocenters. The summed E-state index contributed by atoms with van der Waals surface area (Å²) in [7, 11) is 1.45. The summed E-state index contributed by atoms with van der Waals surface area (Å²) in [5, 5.41) is 0. The van der Waals surface area contributed by atoms with Gasteiger partial charge in [-0.2, -0.15) is 0 Å². The van der Waals surface area contributed by atoms with E-state index in [-0.39, 0.29) is 11.9 Å². The number of carbonyl (C=O) groups is 1.